The predicted molar refractivity (Wildman–Crippen MR) is 136 cm³/mol. The minimum absolute atomic E-state index is 0.594. The van der Waals surface area contributed by atoms with E-state index < -0.39 is 11.7 Å². The average molecular weight is 503 g/mol. The van der Waals surface area contributed by atoms with E-state index in [4.69, 9.17) is 15.2 Å². The van der Waals surface area contributed by atoms with Crippen LogP contribution in [0.5, 0.6) is 5.75 Å². The molecule has 1 saturated heterocycles. The number of aromatic amines is 1. The number of hydrogen-bond acceptors (Lipinski definition) is 5. The van der Waals surface area contributed by atoms with Crippen molar-refractivity contribution < 1.29 is 22.6 Å². The van der Waals surface area contributed by atoms with Crippen LogP contribution in [0.3, 0.4) is 0 Å². The van der Waals surface area contributed by atoms with E-state index in [0.717, 1.165) is 84.9 Å². The van der Waals surface area contributed by atoms with Gasteiger partial charge in [-0.1, -0.05) is 29.8 Å². The van der Waals surface area contributed by atoms with Crippen LogP contribution in [0.25, 0.3) is 11.0 Å². The van der Waals surface area contributed by atoms with Gasteiger partial charge in [-0.05, 0) is 49.4 Å². The monoisotopic (exact) mass is 502 g/mol. The zero-order valence-corrected chi connectivity index (χ0v) is 20.6. The van der Waals surface area contributed by atoms with Crippen LogP contribution in [0.4, 0.5) is 13.2 Å². The van der Waals surface area contributed by atoms with Crippen molar-refractivity contribution in [3.8, 4) is 5.75 Å². The number of ether oxygens (including phenoxy) is 2. The smallest absolute Gasteiger partial charge is 0.416 e. The highest BCUT2D eigenvalue weighted by Crippen LogP contribution is 2.29. The third-order valence-corrected chi connectivity index (χ3v) is 5.74. The number of morpholine rings is 1. The van der Waals surface area contributed by atoms with E-state index >= 15 is 0 Å². The Balaban J connectivity index is 0.000000275. The second-order valence-corrected chi connectivity index (χ2v) is 8.47. The molecule has 36 heavy (non-hydrogen) atoms. The fourth-order valence-corrected chi connectivity index (χ4v) is 3.73. The van der Waals surface area contributed by atoms with E-state index in [9.17, 15) is 13.2 Å². The number of rotatable bonds is 7. The fraction of sp³-hybridized carbons (Fsp3) is 0.370. The maximum Gasteiger partial charge on any atom is 0.416 e. The molecule has 4 rings (SSSR count). The van der Waals surface area contributed by atoms with Crippen molar-refractivity contribution >= 4 is 11.0 Å². The van der Waals surface area contributed by atoms with Crippen molar-refractivity contribution in [2.45, 2.75) is 26.4 Å². The molecular formula is C27H33F3N4O2. The van der Waals surface area contributed by atoms with Gasteiger partial charge >= 0.3 is 6.18 Å². The van der Waals surface area contributed by atoms with Crippen LogP contribution in [-0.2, 0) is 17.3 Å². The normalized spacial score (nSPS) is 15.2. The van der Waals surface area contributed by atoms with Gasteiger partial charge in [0, 0.05) is 37.6 Å². The van der Waals surface area contributed by atoms with Crippen molar-refractivity contribution in [1.82, 2.24) is 14.9 Å². The van der Waals surface area contributed by atoms with Crippen molar-refractivity contribution in [3.05, 3.63) is 83.3 Å². The van der Waals surface area contributed by atoms with E-state index in [2.05, 4.69) is 20.9 Å². The van der Waals surface area contributed by atoms with E-state index in [-0.39, 0.29) is 0 Å². The molecule has 0 bridgehead atoms. The first-order valence-electron chi connectivity index (χ1n) is 11.9. The standard InChI is InChI=1S/C19H26N4O2.C8H7F3/c1-2-3-15(12-20)10-16-13-21-19-18(16)11-17(14-22-19)25-9-6-23-4-7-24-8-5-23;1-6-2-4-7(5-3-6)8(9,10)11/h2-3,11-14H,4-10,20H2,1H3,(H,21,22);2-5H,1H3/b3-2-,15-12+;. The van der Waals surface area contributed by atoms with Gasteiger partial charge < -0.3 is 20.2 Å². The Morgan fingerprint density at radius 3 is 2.58 bits per heavy atom. The number of aromatic nitrogens is 2. The molecule has 0 saturated carbocycles. The van der Waals surface area contributed by atoms with Crippen molar-refractivity contribution in [2.75, 3.05) is 39.5 Å². The van der Waals surface area contributed by atoms with Gasteiger partial charge in [-0.2, -0.15) is 13.2 Å². The zero-order valence-electron chi connectivity index (χ0n) is 20.6. The molecule has 0 spiro atoms. The number of halogens is 3. The molecule has 2 aromatic heterocycles. The Bertz CT molecular complexity index is 1150. The van der Waals surface area contributed by atoms with Gasteiger partial charge in [0.05, 0.1) is 25.0 Å². The number of H-pyrrole nitrogens is 1. The van der Waals surface area contributed by atoms with Crippen LogP contribution in [0.2, 0.25) is 0 Å². The summed E-state index contributed by atoms with van der Waals surface area (Å²) in [6.45, 7) is 8.86. The number of nitrogens with two attached hydrogens (primary N) is 1. The number of nitrogens with zero attached hydrogens (tertiary/aromatic N) is 2. The molecule has 3 heterocycles. The minimum atomic E-state index is -4.21. The van der Waals surface area contributed by atoms with E-state index in [0.29, 0.717) is 6.61 Å². The number of hydrogen-bond donors (Lipinski definition) is 2. The molecule has 0 unspecified atom stereocenters. The summed E-state index contributed by atoms with van der Waals surface area (Å²) >= 11 is 0. The molecule has 0 aliphatic carbocycles. The molecule has 0 amide bonds. The van der Waals surface area contributed by atoms with Crippen molar-refractivity contribution in [3.63, 3.8) is 0 Å². The summed E-state index contributed by atoms with van der Waals surface area (Å²) in [5.74, 6) is 0.797. The summed E-state index contributed by atoms with van der Waals surface area (Å²) in [7, 11) is 0. The Kier molecular flexibility index (Phi) is 9.95. The predicted octanol–water partition coefficient (Wildman–Crippen LogP) is 5.25. The lowest BCUT2D eigenvalue weighted by molar-refractivity contribution is -0.137. The Morgan fingerprint density at radius 2 is 1.94 bits per heavy atom. The summed E-state index contributed by atoms with van der Waals surface area (Å²) in [6, 6.07) is 7.10. The van der Waals surface area contributed by atoms with Gasteiger partial charge in [0.15, 0.2) is 0 Å². The lowest BCUT2D eigenvalue weighted by Crippen LogP contribution is -2.38. The number of nitrogens with one attached hydrogen (secondary N) is 1. The Hall–Kier alpha value is -3.30. The number of pyridine rings is 1. The quantitative estimate of drug-likeness (QED) is 0.432. The summed E-state index contributed by atoms with van der Waals surface area (Å²) < 4.78 is 47.0. The molecule has 3 aromatic rings. The van der Waals surface area contributed by atoms with Crippen LogP contribution < -0.4 is 10.5 Å². The fourth-order valence-electron chi connectivity index (χ4n) is 3.73. The Morgan fingerprint density at radius 1 is 1.22 bits per heavy atom. The van der Waals surface area contributed by atoms with Crippen molar-refractivity contribution in [1.29, 1.82) is 0 Å². The SMILES string of the molecule is C/C=C\C(=C/N)Cc1c[nH]c2ncc(OCCN3CCOCC3)cc12.Cc1ccc(C(F)(F)F)cc1. The topological polar surface area (TPSA) is 76.4 Å². The zero-order chi connectivity index (χ0) is 26.0. The molecular weight excluding hydrogens is 469 g/mol. The second kappa shape index (κ2) is 13.1. The molecule has 6 nitrogen and oxygen atoms in total. The minimum Gasteiger partial charge on any atom is -0.491 e. The van der Waals surface area contributed by atoms with E-state index in [1.54, 1.807) is 19.3 Å². The first kappa shape index (κ1) is 27.3. The lowest BCUT2D eigenvalue weighted by Gasteiger charge is -2.26. The number of benzene rings is 1. The molecule has 194 valence electrons. The third kappa shape index (κ3) is 8.13. The first-order valence-corrected chi connectivity index (χ1v) is 11.9. The largest absolute Gasteiger partial charge is 0.491 e. The maximum atomic E-state index is 11.9. The Labute approximate surface area is 209 Å². The highest BCUT2D eigenvalue weighted by atomic mass is 19.4. The maximum absolute atomic E-state index is 11.9. The first-order chi connectivity index (χ1) is 17.3. The summed E-state index contributed by atoms with van der Waals surface area (Å²) in [6.07, 6.45) is 5.97. The molecule has 0 radical (unpaired) electrons. The summed E-state index contributed by atoms with van der Waals surface area (Å²) in [5.41, 5.74) is 9.05. The average Bonchev–Trinajstić information content (AvgIpc) is 3.26. The number of allylic oxidation sites excluding steroid dienone is 3. The van der Waals surface area contributed by atoms with Gasteiger partial charge in [0.2, 0.25) is 0 Å². The van der Waals surface area contributed by atoms with Gasteiger partial charge in [-0.3, -0.25) is 4.90 Å². The second-order valence-electron chi connectivity index (χ2n) is 8.47. The van der Waals surface area contributed by atoms with Crippen LogP contribution in [-0.4, -0.2) is 54.3 Å². The number of fused-ring (bicyclic) bond motifs is 1. The van der Waals surface area contributed by atoms with Gasteiger partial charge in [0.25, 0.3) is 0 Å². The lowest BCUT2D eigenvalue weighted by atomic mass is 10.1. The number of aryl methyl sites for hydroxylation is 1. The van der Waals surface area contributed by atoms with Crippen LogP contribution in [0.1, 0.15) is 23.6 Å². The summed E-state index contributed by atoms with van der Waals surface area (Å²) in [5, 5.41) is 1.08. The highest BCUT2D eigenvalue weighted by Gasteiger charge is 2.29. The van der Waals surface area contributed by atoms with Gasteiger partial charge in [-0.25, -0.2) is 4.98 Å². The highest BCUT2D eigenvalue weighted by molar-refractivity contribution is 5.81. The molecule has 1 aromatic carbocycles. The third-order valence-electron chi connectivity index (χ3n) is 5.74. The van der Waals surface area contributed by atoms with Crippen LogP contribution >= 0.6 is 0 Å². The van der Waals surface area contributed by atoms with Crippen LogP contribution in [0.15, 0.2) is 66.7 Å². The van der Waals surface area contributed by atoms with Crippen molar-refractivity contribution in [2.24, 2.45) is 5.73 Å². The number of alkyl halides is 3. The molecule has 0 atom stereocenters. The molecule has 1 aliphatic rings. The van der Waals surface area contributed by atoms with E-state index in [1.165, 1.54) is 12.1 Å². The van der Waals surface area contributed by atoms with Gasteiger partial charge in [-0.15, -0.1) is 0 Å². The van der Waals surface area contributed by atoms with E-state index in [1.807, 2.05) is 25.3 Å². The van der Waals surface area contributed by atoms with Gasteiger partial charge in [0.1, 0.15) is 18.0 Å². The summed E-state index contributed by atoms with van der Waals surface area (Å²) in [4.78, 5) is 10.0. The molecule has 1 aliphatic heterocycles. The van der Waals surface area contributed by atoms with Crippen LogP contribution in [0, 0.1) is 6.92 Å². The molecule has 1 fully saturated rings. The molecule has 3 N–H and O–H groups in total. The molecule has 9 heteroatoms.